The number of hydrogen-bond donors (Lipinski definition) is 1. The van der Waals surface area contributed by atoms with Gasteiger partial charge in [0.15, 0.2) is 17.3 Å². The smallest absolute Gasteiger partial charge is 0.283 e. The van der Waals surface area contributed by atoms with E-state index in [0.29, 0.717) is 27.3 Å². The molecule has 0 saturated heterocycles. The highest BCUT2D eigenvalue weighted by molar-refractivity contribution is 8.26. The van der Waals surface area contributed by atoms with Gasteiger partial charge >= 0.3 is 0 Å². The maximum atomic E-state index is 12.4. The van der Waals surface area contributed by atoms with Crippen molar-refractivity contribution in [2.45, 2.75) is 13.5 Å². The van der Waals surface area contributed by atoms with E-state index < -0.39 is 10.8 Å². The predicted molar refractivity (Wildman–Crippen MR) is 121 cm³/mol. The van der Waals surface area contributed by atoms with Crippen LogP contribution in [0.5, 0.6) is 11.5 Å². The third kappa shape index (κ3) is 4.23. The SMILES string of the molecule is COc1cc(C=C2C(=N)N3N=C(C)SC3=NC2=O)ccc1OCc1ccc([N+](=O)[O-])cc1. The Bertz CT molecular complexity index is 1220. The van der Waals surface area contributed by atoms with E-state index in [1.54, 1.807) is 43.3 Å². The van der Waals surface area contributed by atoms with Crippen molar-refractivity contribution in [3.05, 3.63) is 69.3 Å². The minimum absolute atomic E-state index is 0.0105. The monoisotopic (exact) mass is 451 g/mol. The summed E-state index contributed by atoms with van der Waals surface area (Å²) in [6.45, 7) is 1.98. The molecule has 162 valence electrons. The first kappa shape index (κ1) is 21.2. The van der Waals surface area contributed by atoms with Crippen LogP contribution in [0.3, 0.4) is 0 Å². The highest BCUT2D eigenvalue weighted by atomic mass is 32.2. The summed E-state index contributed by atoms with van der Waals surface area (Å²) in [5, 5.41) is 25.7. The number of carbonyl (C=O) groups is 1. The lowest BCUT2D eigenvalue weighted by atomic mass is 10.1. The van der Waals surface area contributed by atoms with E-state index in [1.165, 1.54) is 36.0 Å². The number of carbonyl (C=O) groups excluding carboxylic acids is 1. The fourth-order valence-electron chi connectivity index (χ4n) is 3.02. The number of fused-ring (bicyclic) bond motifs is 1. The number of nitro groups is 1. The molecule has 1 amide bonds. The second-order valence-electron chi connectivity index (χ2n) is 6.76. The maximum Gasteiger partial charge on any atom is 0.283 e. The molecule has 2 aromatic rings. The van der Waals surface area contributed by atoms with Crippen LogP contribution >= 0.6 is 11.8 Å². The molecule has 0 saturated carbocycles. The number of methoxy groups -OCH3 is 1. The number of rotatable bonds is 6. The summed E-state index contributed by atoms with van der Waals surface area (Å²) < 4.78 is 11.2. The van der Waals surface area contributed by atoms with Gasteiger partial charge in [-0.1, -0.05) is 6.07 Å². The fraction of sp³-hybridized carbons (Fsp3) is 0.143. The van der Waals surface area contributed by atoms with Crippen LogP contribution in [-0.2, 0) is 11.4 Å². The Morgan fingerprint density at radius 2 is 1.97 bits per heavy atom. The molecule has 0 spiro atoms. The van der Waals surface area contributed by atoms with Crippen LogP contribution in [0, 0.1) is 15.5 Å². The predicted octanol–water partition coefficient (Wildman–Crippen LogP) is 3.82. The molecule has 0 unspecified atom stereocenters. The zero-order chi connectivity index (χ0) is 22.8. The molecule has 11 heteroatoms. The summed E-state index contributed by atoms with van der Waals surface area (Å²) in [6.07, 6.45) is 1.56. The molecular weight excluding hydrogens is 434 g/mol. The van der Waals surface area contributed by atoms with Crippen LogP contribution in [-0.4, -0.2) is 39.0 Å². The summed E-state index contributed by atoms with van der Waals surface area (Å²) in [7, 11) is 1.49. The molecule has 0 aliphatic carbocycles. The van der Waals surface area contributed by atoms with E-state index in [4.69, 9.17) is 14.9 Å². The molecule has 2 aliphatic heterocycles. The Balaban J connectivity index is 1.53. The lowest BCUT2D eigenvalue weighted by Gasteiger charge is -2.20. The zero-order valence-corrected chi connectivity index (χ0v) is 17.9. The van der Waals surface area contributed by atoms with Crippen LogP contribution in [0.4, 0.5) is 5.69 Å². The molecule has 2 aliphatic rings. The van der Waals surface area contributed by atoms with Gasteiger partial charge in [0.1, 0.15) is 6.61 Å². The molecule has 2 aromatic carbocycles. The second-order valence-corrected chi connectivity index (χ2v) is 7.92. The first-order chi connectivity index (χ1) is 15.4. The molecule has 32 heavy (non-hydrogen) atoms. The van der Waals surface area contributed by atoms with Crippen molar-refractivity contribution in [1.29, 1.82) is 5.41 Å². The molecule has 1 N–H and O–H groups in total. The average molecular weight is 451 g/mol. The topological polar surface area (TPSA) is 130 Å². The summed E-state index contributed by atoms with van der Waals surface area (Å²) in [4.78, 5) is 26.7. The Morgan fingerprint density at radius 3 is 2.66 bits per heavy atom. The van der Waals surface area contributed by atoms with E-state index in [9.17, 15) is 14.9 Å². The number of nitrogens with one attached hydrogen (secondary N) is 1. The van der Waals surface area contributed by atoms with E-state index in [-0.39, 0.29) is 23.7 Å². The van der Waals surface area contributed by atoms with Crippen LogP contribution in [0.2, 0.25) is 0 Å². The highest BCUT2D eigenvalue weighted by Crippen LogP contribution is 2.32. The van der Waals surface area contributed by atoms with E-state index >= 15 is 0 Å². The van der Waals surface area contributed by atoms with Gasteiger partial charge in [0.2, 0.25) is 5.17 Å². The Labute approximate surface area is 186 Å². The van der Waals surface area contributed by atoms with Gasteiger partial charge in [0.05, 0.1) is 22.6 Å². The summed E-state index contributed by atoms with van der Waals surface area (Å²) >= 11 is 1.25. The number of amidine groups is 2. The molecule has 0 fully saturated rings. The van der Waals surface area contributed by atoms with Gasteiger partial charge in [0.25, 0.3) is 11.6 Å². The van der Waals surface area contributed by atoms with Gasteiger partial charge in [-0.3, -0.25) is 20.3 Å². The molecule has 0 bridgehead atoms. The molecule has 0 radical (unpaired) electrons. The fourth-order valence-corrected chi connectivity index (χ4v) is 3.76. The minimum Gasteiger partial charge on any atom is -0.493 e. The van der Waals surface area contributed by atoms with Crippen LogP contribution < -0.4 is 9.47 Å². The number of amides is 1. The minimum atomic E-state index is -0.504. The number of non-ortho nitro benzene ring substituents is 1. The van der Waals surface area contributed by atoms with Crippen molar-refractivity contribution in [2.75, 3.05) is 7.11 Å². The normalized spacial score (nSPS) is 16.6. The number of nitro benzene ring substituents is 1. The number of aliphatic imine (C=N–C) groups is 1. The van der Waals surface area contributed by atoms with Crippen LogP contribution in [0.1, 0.15) is 18.1 Å². The van der Waals surface area contributed by atoms with Crippen molar-refractivity contribution in [2.24, 2.45) is 10.1 Å². The maximum absolute atomic E-state index is 12.4. The first-order valence-corrected chi connectivity index (χ1v) is 10.2. The lowest BCUT2D eigenvalue weighted by molar-refractivity contribution is -0.384. The summed E-state index contributed by atoms with van der Waals surface area (Å²) in [5.41, 5.74) is 1.52. The van der Waals surface area contributed by atoms with Crippen molar-refractivity contribution in [1.82, 2.24) is 5.01 Å². The number of hydrogen-bond acceptors (Lipinski definition) is 8. The van der Waals surface area contributed by atoms with Crippen molar-refractivity contribution in [3.63, 3.8) is 0 Å². The number of nitrogens with zero attached hydrogens (tertiary/aromatic N) is 4. The Kier molecular flexibility index (Phi) is 5.73. The summed E-state index contributed by atoms with van der Waals surface area (Å²) in [5.74, 6) is 0.360. The van der Waals surface area contributed by atoms with Crippen molar-refractivity contribution < 1.29 is 19.2 Å². The lowest BCUT2D eigenvalue weighted by Crippen LogP contribution is -2.35. The number of hydrazone groups is 1. The molecule has 10 nitrogen and oxygen atoms in total. The quantitative estimate of drug-likeness (QED) is 0.401. The van der Waals surface area contributed by atoms with Gasteiger partial charge in [-0.05, 0) is 60.2 Å². The number of benzene rings is 2. The first-order valence-electron chi connectivity index (χ1n) is 9.36. The van der Waals surface area contributed by atoms with Crippen molar-refractivity contribution in [3.8, 4) is 11.5 Å². The Hall–Kier alpha value is -3.99. The zero-order valence-electron chi connectivity index (χ0n) is 17.1. The van der Waals surface area contributed by atoms with Crippen LogP contribution in [0.15, 0.2) is 58.1 Å². The molecule has 2 heterocycles. The van der Waals surface area contributed by atoms with Crippen molar-refractivity contribution >= 4 is 45.5 Å². The van der Waals surface area contributed by atoms with Gasteiger partial charge in [-0.2, -0.15) is 15.1 Å². The van der Waals surface area contributed by atoms with E-state index in [1.807, 2.05) is 0 Å². The standard InChI is InChI=1S/C21H17N5O5S/c1-12-24-25-19(22)16(20(27)23-21(25)32-12)9-14-5-8-17(18(10-14)30-2)31-11-13-3-6-15(7-4-13)26(28)29/h3-10,22H,11H2,1-2H3. The van der Waals surface area contributed by atoms with Gasteiger partial charge in [-0.15, -0.1) is 0 Å². The molecule has 0 aromatic heterocycles. The molecule has 4 rings (SSSR count). The highest BCUT2D eigenvalue weighted by Gasteiger charge is 2.34. The number of thioether (sulfide) groups is 1. The van der Waals surface area contributed by atoms with Gasteiger partial charge in [0, 0.05) is 12.1 Å². The van der Waals surface area contributed by atoms with E-state index in [2.05, 4.69) is 10.1 Å². The summed E-state index contributed by atoms with van der Waals surface area (Å²) in [6, 6.07) is 11.2. The largest absolute Gasteiger partial charge is 0.493 e. The molecular formula is C21H17N5O5S. The third-order valence-corrected chi connectivity index (χ3v) is 5.42. The van der Waals surface area contributed by atoms with E-state index in [0.717, 1.165) is 5.56 Å². The Morgan fingerprint density at radius 1 is 1.22 bits per heavy atom. The number of ether oxygens (including phenoxy) is 2. The van der Waals surface area contributed by atoms with Gasteiger partial charge < -0.3 is 9.47 Å². The molecule has 0 atom stereocenters. The average Bonchev–Trinajstić information content (AvgIpc) is 3.16. The third-order valence-electron chi connectivity index (χ3n) is 4.60. The van der Waals surface area contributed by atoms with Gasteiger partial charge in [-0.25, -0.2) is 0 Å². The second kappa shape index (κ2) is 8.63. The van der Waals surface area contributed by atoms with Crippen LogP contribution in [0.25, 0.3) is 6.08 Å².